The number of halogens is 3. The number of hydrogen-bond donors (Lipinski definition) is 1. The van der Waals surface area contributed by atoms with Crippen molar-refractivity contribution in [1.82, 2.24) is 9.29 Å². The summed E-state index contributed by atoms with van der Waals surface area (Å²) in [4.78, 5) is 3.57. The van der Waals surface area contributed by atoms with Crippen LogP contribution < -0.4 is 10.5 Å². The average Bonchev–Trinajstić information content (AvgIpc) is 2.52. The van der Waals surface area contributed by atoms with Gasteiger partial charge in [-0.15, -0.1) is 0 Å². The van der Waals surface area contributed by atoms with Crippen LogP contribution in [-0.2, 0) is 10.0 Å². The molecule has 2 rings (SSSR count). The van der Waals surface area contributed by atoms with Crippen LogP contribution in [0.2, 0.25) is 0 Å². The minimum Gasteiger partial charge on any atom is -0.468 e. The highest BCUT2D eigenvalue weighted by Crippen LogP contribution is 2.25. The molecule has 2 N–H and O–H groups in total. The van der Waals surface area contributed by atoms with Crippen LogP contribution in [0.4, 0.5) is 13.2 Å². The predicted molar refractivity (Wildman–Crippen MR) is 80.9 cm³/mol. The van der Waals surface area contributed by atoms with E-state index in [4.69, 9.17) is 5.73 Å². The topological polar surface area (TPSA) is 85.5 Å². The van der Waals surface area contributed by atoms with Gasteiger partial charge in [0.05, 0.1) is 6.20 Å². The van der Waals surface area contributed by atoms with Crippen LogP contribution in [0.3, 0.4) is 0 Å². The third-order valence-corrected chi connectivity index (χ3v) is 5.86. The summed E-state index contributed by atoms with van der Waals surface area (Å²) >= 11 is 0. The molecule has 1 saturated heterocycles. The summed E-state index contributed by atoms with van der Waals surface area (Å²) < 4.78 is 67.1. The first-order valence-electron chi connectivity index (χ1n) is 7.51. The van der Waals surface area contributed by atoms with Crippen molar-refractivity contribution in [2.24, 2.45) is 11.7 Å². The summed E-state index contributed by atoms with van der Waals surface area (Å²) in [5, 5.41) is 0. The Morgan fingerprint density at radius 3 is 2.46 bits per heavy atom. The van der Waals surface area contributed by atoms with Gasteiger partial charge in [0.1, 0.15) is 4.90 Å². The first-order chi connectivity index (χ1) is 11.1. The number of rotatable bonds is 5. The van der Waals surface area contributed by atoms with Crippen LogP contribution >= 0.6 is 0 Å². The summed E-state index contributed by atoms with van der Waals surface area (Å²) in [5.41, 5.74) is 5.84. The van der Waals surface area contributed by atoms with Crippen LogP contribution in [0.1, 0.15) is 19.8 Å². The van der Waals surface area contributed by atoms with E-state index in [0.29, 0.717) is 25.9 Å². The number of ether oxygens (including phenoxy) is 1. The molecular formula is C14H20F3N3O3S. The summed E-state index contributed by atoms with van der Waals surface area (Å²) in [6.45, 7) is 1.15. The van der Waals surface area contributed by atoms with Gasteiger partial charge in [-0.05, 0) is 31.7 Å². The number of pyridine rings is 1. The maximum absolute atomic E-state index is 12.5. The lowest BCUT2D eigenvalue weighted by atomic mass is 9.92. The molecular weight excluding hydrogens is 347 g/mol. The van der Waals surface area contributed by atoms with Gasteiger partial charge in [0, 0.05) is 25.2 Å². The first kappa shape index (κ1) is 18.9. The number of alkyl halides is 3. The smallest absolute Gasteiger partial charge is 0.422 e. The van der Waals surface area contributed by atoms with Gasteiger partial charge in [-0.2, -0.15) is 17.5 Å². The molecule has 1 fully saturated rings. The Morgan fingerprint density at radius 2 is 2.00 bits per heavy atom. The number of piperidine rings is 1. The van der Waals surface area contributed by atoms with Gasteiger partial charge in [0.15, 0.2) is 6.61 Å². The fourth-order valence-electron chi connectivity index (χ4n) is 2.55. The number of hydrogen-bond acceptors (Lipinski definition) is 5. The first-order valence-corrected chi connectivity index (χ1v) is 8.95. The van der Waals surface area contributed by atoms with E-state index in [1.807, 2.05) is 6.92 Å². The van der Waals surface area contributed by atoms with Gasteiger partial charge in [0.25, 0.3) is 0 Å². The number of nitrogens with two attached hydrogens (primary N) is 1. The molecule has 0 bridgehead atoms. The molecule has 10 heteroatoms. The Hall–Kier alpha value is -1.39. The van der Waals surface area contributed by atoms with Crippen LogP contribution in [0.25, 0.3) is 0 Å². The molecule has 0 spiro atoms. The number of nitrogens with zero attached hydrogens (tertiary/aromatic N) is 2. The molecule has 0 saturated carbocycles. The van der Waals surface area contributed by atoms with E-state index in [2.05, 4.69) is 9.72 Å². The molecule has 1 atom stereocenters. The minimum atomic E-state index is -4.48. The van der Waals surface area contributed by atoms with Crippen LogP contribution in [-0.4, -0.2) is 49.6 Å². The van der Waals surface area contributed by atoms with Crippen molar-refractivity contribution in [3.63, 3.8) is 0 Å². The third-order valence-electron chi connectivity index (χ3n) is 3.97. The Kier molecular flexibility index (Phi) is 5.71. The molecule has 0 aromatic carbocycles. The molecule has 2 heterocycles. The number of aromatic nitrogens is 1. The van der Waals surface area contributed by atoms with E-state index in [1.165, 1.54) is 10.4 Å². The second kappa shape index (κ2) is 7.24. The second-order valence-electron chi connectivity index (χ2n) is 5.84. The van der Waals surface area contributed by atoms with E-state index < -0.39 is 22.8 Å². The van der Waals surface area contributed by atoms with E-state index >= 15 is 0 Å². The molecule has 1 aromatic heterocycles. The van der Waals surface area contributed by atoms with Gasteiger partial charge in [-0.1, -0.05) is 0 Å². The second-order valence-corrected chi connectivity index (χ2v) is 7.77. The van der Waals surface area contributed by atoms with E-state index in [1.54, 1.807) is 0 Å². The summed E-state index contributed by atoms with van der Waals surface area (Å²) in [6.07, 6.45) is -2.11. The highest BCUT2D eigenvalue weighted by atomic mass is 32.2. The Balaban J connectivity index is 2.02. The van der Waals surface area contributed by atoms with Crippen LogP contribution in [0.15, 0.2) is 23.2 Å². The lowest BCUT2D eigenvalue weighted by Gasteiger charge is -2.32. The molecule has 24 heavy (non-hydrogen) atoms. The van der Waals surface area contributed by atoms with Gasteiger partial charge in [0.2, 0.25) is 15.9 Å². The van der Waals surface area contributed by atoms with Crippen LogP contribution in [0, 0.1) is 5.92 Å². The van der Waals surface area contributed by atoms with Crippen molar-refractivity contribution >= 4 is 10.0 Å². The predicted octanol–water partition coefficient (Wildman–Crippen LogP) is 1.77. The third kappa shape index (κ3) is 4.81. The molecule has 6 nitrogen and oxygen atoms in total. The Morgan fingerprint density at radius 1 is 1.38 bits per heavy atom. The largest absolute Gasteiger partial charge is 0.468 e. The maximum atomic E-state index is 12.5. The summed E-state index contributed by atoms with van der Waals surface area (Å²) in [7, 11) is -3.72. The normalized spacial score (nSPS) is 19.2. The van der Waals surface area contributed by atoms with Gasteiger partial charge in [-0.3, -0.25) is 0 Å². The fourth-order valence-corrected chi connectivity index (χ4v) is 3.97. The van der Waals surface area contributed by atoms with Crippen molar-refractivity contribution < 1.29 is 26.3 Å². The monoisotopic (exact) mass is 367 g/mol. The Labute approximate surface area is 138 Å². The zero-order chi connectivity index (χ0) is 18.0. The SMILES string of the molecule is CC(N)C1CCN(S(=O)(=O)c2ccc(OCC(F)(F)F)nc2)CC1. The molecule has 1 unspecified atom stereocenters. The standard InChI is InChI=1S/C14H20F3N3O3S/c1-10(18)11-4-6-20(7-5-11)24(21,22)12-2-3-13(19-8-12)23-9-14(15,16)17/h2-3,8,10-11H,4-7,9,18H2,1H3. The average molecular weight is 367 g/mol. The molecule has 0 radical (unpaired) electrons. The van der Waals surface area contributed by atoms with Crippen molar-refractivity contribution in [3.05, 3.63) is 18.3 Å². The molecule has 0 aliphatic carbocycles. The van der Waals surface area contributed by atoms with E-state index in [9.17, 15) is 21.6 Å². The molecule has 1 aromatic rings. The highest BCUT2D eigenvalue weighted by Gasteiger charge is 2.31. The quantitative estimate of drug-likeness (QED) is 0.857. The van der Waals surface area contributed by atoms with Gasteiger partial charge < -0.3 is 10.5 Å². The molecule has 1 aliphatic rings. The van der Waals surface area contributed by atoms with Crippen molar-refractivity contribution in [2.75, 3.05) is 19.7 Å². The highest BCUT2D eigenvalue weighted by molar-refractivity contribution is 7.89. The molecule has 136 valence electrons. The Bertz CT molecular complexity index is 639. The molecule has 1 aliphatic heterocycles. The van der Waals surface area contributed by atoms with Gasteiger partial charge >= 0.3 is 6.18 Å². The summed E-state index contributed by atoms with van der Waals surface area (Å²) in [6, 6.07) is 2.33. The lowest BCUT2D eigenvalue weighted by Crippen LogP contribution is -2.42. The minimum absolute atomic E-state index is 0.0154. The van der Waals surface area contributed by atoms with E-state index in [0.717, 1.165) is 12.3 Å². The van der Waals surface area contributed by atoms with Crippen molar-refractivity contribution in [3.8, 4) is 5.88 Å². The van der Waals surface area contributed by atoms with Crippen molar-refractivity contribution in [1.29, 1.82) is 0 Å². The van der Waals surface area contributed by atoms with E-state index in [-0.39, 0.29) is 22.7 Å². The fraction of sp³-hybridized carbons (Fsp3) is 0.643. The maximum Gasteiger partial charge on any atom is 0.422 e. The lowest BCUT2D eigenvalue weighted by molar-refractivity contribution is -0.154. The molecule has 0 amide bonds. The zero-order valence-corrected chi connectivity index (χ0v) is 14.0. The zero-order valence-electron chi connectivity index (χ0n) is 13.2. The van der Waals surface area contributed by atoms with Crippen LogP contribution in [0.5, 0.6) is 5.88 Å². The van der Waals surface area contributed by atoms with Gasteiger partial charge in [-0.25, -0.2) is 13.4 Å². The summed E-state index contributed by atoms with van der Waals surface area (Å²) in [5.74, 6) is 0.00894. The van der Waals surface area contributed by atoms with Crippen molar-refractivity contribution in [2.45, 2.75) is 36.9 Å². The number of sulfonamides is 1.